The van der Waals surface area contributed by atoms with Crippen molar-refractivity contribution < 1.29 is 31.5 Å². The molecule has 0 aliphatic carbocycles. The van der Waals surface area contributed by atoms with Crippen molar-refractivity contribution in [3.63, 3.8) is 0 Å². The minimum Gasteiger partial charge on any atom is -0.462 e. The van der Waals surface area contributed by atoms with Crippen molar-refractivity contribution in [2.75, 3.05) is 6.61 Å². The average Bonchev–Trinajstić information content (AvgIpc) is 2.09. The Hall–Kier alpha value is -1.14. The van der Waals surface area contributed by atoms with E-state index in [-0.39, 0.29) is 5.57 Å². The van der Waals surface area contributed by atoms with Gasteiger partial charge in [0.15, 0.2) is 0 Å². The molecule has 0 amide bonds. The summed E-state index contributed by atoms with van der Waals surface area (Å²) in [5.74, 6) is -5.56. The third-order valence-corrected chi connectivity index (χ3v) is 1.63. The number of esters is 1. The second kappa shape index (κ2) is 5.27. The SMILES string of the molecule is C=C(C)C(=O)OCCCC(F)(F)C(F)(F)F. The number of carbonyl (C=O) groups is 1. The molecule has 0 radical (unpaired) electrons. The van der Waals surface area contributed by atoms with Crippen LogP contribution in [0.5, 0.6) is 0 Å². The Labute approximate surface area is 89.1 Å². The van der Waals surface area contributed by atoms with Gasteiger partial charge in [-0.25, -0.2) is 4.79 Å². The zero-order chi connectivity index (χ0) is 13.0. The van der Waals surface area contributed by atoms with Gasteiger partial charge in [-0.05, 0) is 13.3 Å². The van der Waals surface area contributed by atoms with Gasteiger partial charge in [-0.1, -0.05) is 6.58 Å². The Balaban J connectivity index is 3.92. The van der Waals surface area contributed by atoms with Crippen LogP contribution in [0.25, 0.3) is 0 Å². The van der Waals surface area contributed by atoms with Crippen LogP contribution in [0, 0.1) is 0 Å². The van der Waals surface area contributed by atoms with E-state index in [0.717, 1.165) is 0 Å². The lowest BCUT2D eigenvalue weighted by molar-refractivity contribution is -0.284. The second-order valence-electron chi connectivity index (χ2n) is 3.22. The largest absolute Gasteiger partial charge is 0.462 e. The summed E-state index contributed by atoms with van der Waals surface area (Å²) in [5.41, 5.74) is 0.0579. The predicted octanol–water partition coefficient (Wildman–Crippen LogP) is 3.08. The third kappa shape index (κ3) is 4.59. The fourth-order valence-corrected chi connectivity index (χ4v) is 0.724. The minimum absolute atomic E-state index is 0.0579. The van der Waals surface area contributed by atoms with Crippen molar-refractivity contribution in [1.82, 2.24) is 0 Å². The predicted molar refractivity (Wildman–Crippen MR) is 46.0 cm³/mol. The van der Waals surface area contributed by atoms with Gasteiger partial charge < -0.3 is 4.74 Å². The van der Waals surface area contributed by atoms with E-state index >= 15 is 0 Å². The molecule has 0 rings (SSSR count). The van der Waals surface area contributed by atoms with E-state index in [1.807, 2.05) is 0 Å². The number of carbonyl (C=O) groups excluding carboxylic acids is 1. The highest BCUT2D eigenvalue weighted by Gasteiger charge is 2.56. The van der Waals surface area contributed by atoms with Crippen LogP contribution in [0.4, 0.5) is 22.0 Å². The summed E-state index contributed by atoms with van der Waals surface area (Å²) in [5, 5.41) is 0. The summed E-state index contributed by atoms with van der Waals surface area (Å²) < 4.78 is 64.1. The van der Waals surface area contributed by atoms with Crippen LogP contribution in [-0.2, 0) is 9.53 Å². The van der Waals surface area contributed by atoms with E-state index in [4.69, 9.17) is 0 Å². The Kier molecular flexibility index (Phi) is 4.89. The van der Waals surface area contributed by atoms with E-state index < -0.39 is 37.5 Å². The maximum Gasteiger partial charge on any atom is 0.453 e. The fraction of sp³-hybridized carbons (Fsp3) is 0.667. The van der Waals surface area contributed by atoms with Crippen LogP contribution in [0.1, 0.15) is 19.8 Å². The summed E-state index contributed by atoms with van der Waals surface area (Å²) in [6.07, 6.45) is -7.53. The highest BCUT2D eigenvalue weighted by atomic mass is 19.4. The van der Waals surface area contributed by atoms with Crippen LogP contribution in [0.15, 0.2) is 12.2 Å². The van der Waals surface area contributed by atoms with Crippen molar-refractivity contribution in [2.24, 2.45) is 0 Å². The summed E-state index contributed by atoms with van der Waals surface area (Å²) in [4.78, 5) is 10.7. The molecule has 0 aliphatic heterocycles. The van der Waals surface area contributed by atoms with Crippen LogP contribution >= 0.6 is 0 Å². The molecule has 0 fully saturated rings. The average molecular weight is 246 g/mol. The Morgan fingerprint density at radius 2 is 1.75 bits per heavy atom. The van der Waals surface area contributed by atoms with Crippen molar-refractivity contribution >= 4 is 5.97 Å². The molecule has 0 atom stereocenters. The highest BCUT2D eigenvalue weighted by molar-refractivity contribution is 5.86. The maximum atomic E-state index is 12.3. The smallest absolute Gasteiger partial charge is 0.453 e. The molecule has 16 heavy (non-hydrogen) atoms. The minimum atomic E-state index is -5.56. The van der Waals surface area contributed by atoms with Gasteiger partial charge in [-0.2, -0.15) is 22.0 Å². The molecule has 0 aromatic carbocycles. The molecule has 0 aromatic rings. The third-order valence-electron chi connectivity index (χ3n) is 1.63. The van der Waals surface area contributed by atoms with Gasteiger partial charge >= 0.3 is 18.1 Å². The summed E-state index contributed by atoms with van der Waals surface area (Å²) in [6.45, 7) is 4.07. The van der Waals surface area contributed by atoms with Gasteiger partial charge in [-0.3, -0.25) is 0 Å². The van der Waals surface area contributed by atoms with Gasteiger partial charge in [0.2, 0.25) is 0 Å². The molecular formula is C9H11F5O2. The molecule has 2 nitrogen and oxygen atoms in total. The Bertz CT molecular complexity index is 270. The van der Waals surface area contributed by atoms with Crippen LogP contribution in [0.2, 0.25) is 0 Å². The van der Waals surface area contributed by atoms with Crippen molar-refractivity contribution in [1.29, 1.82) is 0 Å². The topological polar surface area (TPSA) is 26.3 Å². The van der Waals surface area contributed by atoms with Gasteiger partial charge in [0.25, 0.3) is 0 Å². The molecule has 0 aromatic heterocycles. The number of halogens is 5. The fourth-order valence-electron chi connectivity index (χ4n) is 0.724. The first-order valence-corrected chi connectivity index (χ1v) is 4.35. The molecule has 0 bridgehead atoms. The van der Waals surface area contributed by atoms with Gasteiger partial charge in [0.1, 0.15) is 0 Å². The summed E-state index contributed by atoms with van der Waals surface area (Å²) in [6, 6.07) is 0. The summed E-state index contributed by atoms with van der Waals surface area (Å²) in [7, 11) is 0. The number of rotatable bonds is 5. The first kappa shape index (κ1) is 14.9. The van der Waals surface area contributed by atoms with Crippen molar-refractivity contribution in [3.05, 3.63) is 12.2 Å². The molecule has 0 unspecified atom stereocenters. The van der Waals surface area contributed by atoms with Crippen molar-refractivity contribution in [3.8, 4) is 0 Å². The number of alkyl halides is 5. The molecule has 0 aliphatic rings. The van der Waals surface area contributed by atoms with E-state index in [1.165, 1.54) is 6.92 Å². The quantitative estimate of drug-likeness (QED) is 0.322. The molecule has 0 saturated carbocycles. The lowest BCUT2D eigenvalue weighted by Crippen LogP contribution is -2.36. The number of hydrogen-bond acceptors (Lipinski definition) is 2. The second-order valence-corrected chi connectivity index (χ2v) is 3.22. The Morgan fingerprint density at radius 3 is 2.12 bits per heavy atom. The van der Waals surface area contributed by atoms with E-state index in [2.05, 4.69) is 11.3 Å². The van der Waals surface area contributed by atoms with Gasteiger partial charge in [-0.15, -0.1) is 0 Å². The van der Waals surface area contributed by atoms with Gasteiger partial charge in [0, 0.05) is 12.0 Å². The zero-order valence-corrected chi connectivity index (χ0v) is 8.53. The molecule has 0 heterocycles. The summed E-state index contributed by atoms with van der Waals surface area (Å²) >= 11 is 0. The molecule has 0 spiro atoms. The Morgan fingerprint density at radius 1 is 1.25 bits per heavy atom. The zero-order valence-electron chi connectivity index (χ0n) is 8.53. The standard InChI is InChI=1S/C9H11F5O2/c1-6(2)7(15)16-5-3-4-8(10,11)9(12,13)14/h1,3-5H2,2H3. The first-order chi connectivity index (χ1) is 7.08. The monoisotopic (exact) mass is 246 g/mol. The maximum absolute atomic E-state index is 12.3. The number of ether oxygens (including phenoxy) is 1. The normalized spacial score (nSPS) is 12.4. The molecular weight excluding hydrogens is 235 g/mol. The first-order valence-electron chi connectivity index (χ1n) is 4.35. The molecule has 0 saturated heterocycles. The van der Waals surface area contributed by atoms with Crippen LogP contribution in [-0.4, -0.2) is 24.7 Å². The number of hydrogen-bond donors (Lipinski definition) is 0. The lowest BCUT2D eigenvalue weighted by atomic mass is 10.2. The van der Waals surface area contributed by atoms with Crippen LogP contribution < -0.4 is 0 Å². The van der Waals surface area contributed by atoms with E-state index in [0.29, 0.717) is 0 Å². The van der Waals surface area contributed by atoms with E-state index in [1.54, 1.807) is 0 Å². The lowest BCUT2D eigenvalue weighted by Gasteiger charge is -2.19. The van der Waals surface area contributed by atoms with E-state index in [9.17, 15) is 26.7 Å². The van der Waals surface area contributed by atoms with Crippen LogP contribution in [0.3, 0.4) is 0 Å². The molecule has 7 heteroatoms. The molecule has 94 valence electrons. The highest BCUT2D eigenvalue weighted by Crippen LogP contribution is 2.38. The van der Waals surface area contributed by atoms with Gasteiger partial charge in [0.05, 0.1) is 6.61 Å². The van der Waals surface area contributed by atoms with Crippen molar-refractivity contribution in [2.45, 2.75) is 31.9 Å². The molecule has 0 N–H and O–H groups in total.